The van der Waals surface area contributed by atoms with Gasteiger partial charge in [-0.15, -0.1) is 0 Å². The molecule has 0 saturated carbocycles. The van der Waals surface area contributed by atoms with Crippen LogP contribution in [0.15, 0.2) is 0 Å². The molecule has 0 aliphatic rings. The van der Waals surface area contributed by atoms with E-state index >= 15 is 0 Å². The molecule has 0 heterocycles. The minimum Gasteiger partial charge on any atom is -0.544 e. The Hall–Kier alpha value is 1.03. The first-order valence-corrected chi connectivity index (χ1v) is 4.44. The van der Waals surface area contributed by atoms with Crippen LogP contribution in [0.5, 0.6) is 0 Å². The Morgan fingerprint density at radius 1 is 1.75 bits per heavy atom. The minimum atomic E-state index is 0.167. The second kappa shape index (κ2) is 8.03. The third kappa shape index (κ3) is 10.1. The van der Waals surface area contributed by atoms with E-state index in [0.717, 1.165) is 16.5 Å². The Bertz CT molecular complexity index is 66.3. The topological polar surface area (TPSA) is 46.3 Å². The predicted molar refractivity (Wildman–Crippen MR) is 39.5 cm³/mol. The SMILES string of the molecule is CC(=O)[N]([AlH])[AlH2].[NH2][AlH]. The van der Waals surface area contributed by atoms with E-state index in [1.165, 1.54) is 16.5 Å². The Labute approximate surface area is 74.5 Å². The summed E-state index contributed by atoms with van der Waals surface area (Å²) in [6.45, 7) is 1.57. The number of rotatable bonds is 0. The molecule has 2 N–H and O–H groups in total. The molecular weight excluding hydrogens is 149 g/mol. The summed E-state index contributed by atoms with van der Waals surface area (Å²) in [5.74, 6) is 0.167. The van der Waals surface area contributed by atoms with E-state index in [4.69, 9.17) is 0 Å². The van der Waals surface area contributed by atoms with E-state index in [1.807, 2.05) is 0 Å². The van der Waals surface area contributed by atoms with E-state index in [0.29, 0.717) is 0 Å². The quantitative estimate of drug-likeness (QED) is 0.381. The fourth-order valence-electron chi connectivity index (χ4n) is 0. The zero-order valence-corrected chi connectivity index (χ0v) is 10.2. The molecule has 2 radical (unpaired) electrons. The molecule has 0 aliphatic heterocycles. The molecular formula is C2H9Al3N2O. The number of hydrogen-bond acceptors (Lipinski definition) is 2. The van der Waals surface area contributed by atoms with Gasteiger partial charge in [-0.2, -0.15) is 0 Å². The molecule has 0 rings (SSSR count). The van der Waals surface area contributed by atoms with E-state index in [9.17, 15) is 4.79 Å². The smallest absolute Gasteiger partial charge is 0.338 e. The first kappa shape index (κ1) is 11.8. The van der Waals surface area contributed by atoms with E-state index in [2.05, 4.69) is 4.72 Å². The number of nitrogens with zero attached hydrogens (tertiary/aromatic N) is 1. The van der Waals surface area contributed by atoms with Crippen molar-refractivity contribution in [3.8, 4) is 0 Å². The predicted octanol–water partition coefficient (Wildman–Crippen LogP) is -3.04. The van der Waals surface area contributed by atoms with Crippen LogP contribution in [0, 0.1) is 0 Å². The summed E-state index contributed by atoms with van der Waals surface area (Å²) >= 11 is 3.82. The molecule has 0 saturated heterocycles. The molecule has 1 amide bonds. The Morgan fingerprint density at radius 2 is 1.88 bits per heavy atom. The average molecular weight is 158 g/mol. The third-order valence-corrected chi connectivity index (χ3v) is 1.61. The van der Waals surface area contributed by atoms with Crippen molar-refractivity contribution in [1.29, 1.82) is 0 Å². The average Bonchev–Trinajstić information content (AvgIpc) is 1.72. The van der Waals surface area contributed by atoms with Gasteiger partial charge in [0.1, 0.15) is 0 Å². The van der Waals surface area contributed by atoms with Crippen molar-refractivity contribution in [3.05, 3.63) is 0 Å². The van der Waals surface area contributed by atoms with Crippen molar-refractivity contribution in [2.75, 3.05) is 0 Å². The van der Waals surface area contributed by atoms with Crippen LogP contribution in [0.3, 0.4) is 0 Å². The van der Waals surface area contributed by atoms with Gasteiger partial charge in [-0.3, -0.25) is 4.79 Å². The van der Waals surface area contributed by atoms with Gasteiger partial charge in [0, 0.05) is 6.92 Å². The van der Waals surface area contributed by atoms with Crippen LogP contribution in [0.4, 0.5) is 0 Å². The molecule has 6 heteroatoms. The van der Waals surface area contributed by atoms with E-state index in [1.54, 1.807) is 26.3 Å². The molecule has 0 bridgehead atoms. The minimum absolute atomic E-state index is 0.167. The molecule has 0 fully saturated rings. The lowest BCUT2D eigenvalue weighted by atomic mass is 10.8. The van der Waals surface area contributed by atoms with Crippen molar-refractivity contribution in [2.45, 2.75) is 6.92 Å². The highest BCUT2D eigenvalue weighted by Crippen LogP contribution is 1.66. The standard InChI is InChI=1S/C2H3NO.3Al.H2N.4H/c1-2(3)4;;;;;;;;/h1H3;;;;1H2;;;;/q;;;+1;-1;;;;. The molecule has 8 heavy (non-hydrogen) atoms. The zero-order chi connectivity index (χ0) is 7.15. The Kier molecular flexibility index (Phi) is 11.8. The molecule has 0 aromatic carbocycles. The van der Waals surface area contributed by atoms with Gasteiger partial charge >= 0.3 is 33.0 Å². The molecule has 0 spiro atoms. The van der Waals surface area contributed by atoms with Crippen molar-refractivity contribution in [2.24, 2.45) is 4.72 Å². The molecule has 0 aliphatic carbocycles. The summed E-state index contributed by atoms with van der Waals surface area (Å²) in [7, 11) is 0. The zero-order valence-electron chi connectivity index (χ0n) is 5.35. The highest BCUT2D eigenvalue weighted by Gasteiger charge is 1.86. The van der Waals surface area contributed by atoms with Crippen LogP contribution in [0.2, 0.25) is 0 Å². The van der Waals surface area contributed by atoms with Crippen LogP contribution < -0.4 is 4.72 Å². The first-order valence-electron chi connectivity index (χ1n) is 2.10. The summed E-state index contributed by atoms with van der Waals surface area (Å²) in [5, 5.41) is 0. The highest BCUT2D eigenvalue weighted by molar-refractivity contribution is 6.33. The number of nitrogens with two attached hydrogens (primary N) is 1. The fourth-order valence-corrected chi connectivity index (χ4v) is 0. The maximum Gasteiger partial charge on any atom is 0.338 e. The number of hydrogen-bond donors (Lipinski definition) is 1. The van der Waals surface area contributed by atoms with Gasteiger partial charge in [-0.05, 0) is 0 Å². The fraction of sp³-hybridized carbons (Fsp3) is 0.500. The van der Waals surface area contributed by atoms with Crippen molar-refractivity contribution < 1.29 is 4.79 Å². The molecule has 3 nitrogen and oxygen atoms in total. The summed E-state index contributed by atoms with van der Waals surface area (Å²) in [6.07, 6.45) is 0. The van der Waals surface area contributed by atoms with Crippen molar-refractivity contribution in [1.82, 2.24) is 2.87 Å². The second-order valence-electron chi connectivity index (χ2n) is 1.22. The molecule has 0 aromatic rings. The summed E-state index contributed by atoms with van der Waals surface area (Å²) < 4.78 is 6.22. The lowest BCUT2D eigenvalue weighted by Gasteiger charge is -2.06. The van der Waals surface area contributed by atoms with Gasteiger partial charge in [0.2, 0.25) is 0 Å². The molecule has 0 atom stereocenters. The van der Waals surface area contributed by atoms with Crippen molar-refractivity contribution >= 4 is 55.4 Å². The molecule has 0 aromatic heterocycles. The third-order valence-electron chi connectivity index (χ3n) is 0.538. The van der Waals surface area contributed by atoms with Gasteiger partial charge in [0.25, 0.3) is 16.5 Å². The van der Waals surface area contributed by atoms with Crippen LogP contribution >= 0.6 is 0 Å². The summed E-state index contributed by atoms with van der Waals surface area (Å²) in [4.78, 5) is 10.1. The summed E-state index contributed by atoms with van der Waals surface area (Å²) in [6, 6.07) is 0. The highest BCUT2D eigenvalue weighted by atomic mass is 27.1. The van der Waals surface area contributed by atoms with Crippen LogP contribution in [0.1, 0.15) is 6.92 Å². The monoisotopic (exact) mass is 158 g/mol. The summed E-state index contributed by atoms with van der Waals surface area (Å²) in [5.41, 5.74) is 0. The Morgan fingerprint density at radius 3 is 1.88 bits per heavy atom. The lowest BCUT2D eigenvalue weighted by Crippen LogP contribution is -2.21. The van der Waals surface area contributed by atoms with Gasteiger partial charge < -0.3 is 7.58 Å². The van der Waals surface area contributed by atoms with Crippen LogP contribution in [-0.2, 0) is 4.79 Å². The lowest BCUT2D eigenvalue weighted by molar-refractivity contribution is -0.121. The van der Waals surface area contributed by atoms with Gasteiger partial charge in [0.05, 0.1) is 0 Å². The van der Waals surface area contributed by atoms with Crippen molar-refractivity contribution in [3.63, 3.8) is 0 Å². The van der Waals surface area contributed by atoms with E-state index in [-0.39, 0.29) is 5.91 Å². The van der Waals surface area contributed by atoms with Gasteiger partial charge in [-0.25, -0.2) is 0 Å². The van der Waals surface area contributed by atoms with Crippen LogP contribution in [-0.4, -0.2) is 58.3 Å². The maximum absolute atomic E-state index is 10.1. The van der Waals surface area contributed by atoms with Gasteiger partial charge in [-0.1, -0.05) is 0 Å². The number of carbonyl (C=O) groups is 1. The number of carbonyl (C=O) groups excluding carboxylic acids is 1. The normalized spacial score (nSPS) is 6.25. The second-order valence-corrected chi connectivity index (χ2v) is 4.51. The molecule has 0 unspecified atom stereocenters. The molecule has 42 valence electrons. The first-order chi connectivity index (χ1) is 3.64. The Balaban J connectivity index is 0. The number of amides is 1. The van der Waals surface area contributed by atoms with E-state index < -0.39 is 0 Å². The maximum atomic E-state index is 10.1. The van der Waals surface area contributed by atoms with Gasteiger partial charge in [0.15, 0.2) is 5.91 Å². The largest absolute Gasteiger partial charge is 0.544 e. The van der Waals surface area contributed by atoms with Crippen LogP contribution in [0.25, 0.3) is 0 Å².